The van der Waals surface area contributed by atoms with Gasteiger partial charge in [-0.1, -0.05) is 28.1 Å². The van der Waals surface area contributed by atoms with Crippen molar-refractivity contribution >= 4 is 15.9 Å². The Kier molecular flexibility index (Phi) is 4.69. The molecule has 1 unspecified atom stereocenters. The van der Waals surface area contributed by atoms with Gasteiger partial charge in [-0.2, -0.15) is 0 Å². The number of benzene rings is 2. The van der Waals surface area contributed by atoms with Crippen molar-refractivity contribution in [2.24, 2.45) is 5.84 Å². The molecule has 3 nitrogen and oxygen atoms in total. The summed E-state index contributed by atoms with van der Waals surface area (Å²) in [4.78, 5) is 0. The van der Waals surface area contributed by atoms with Gasteiger partial charge in [-0.15, -0.1) is 0 Å². The van der Waals surface area contributed by atoms with Crippen LogP contribution in [0.5, 0.6) is 5.75 Å². The summed E-state index contributed by atoms with van der Waals surface area (Å²) in [7, 11) is 1.40. The number of hydrazine groups is 1. The van der Waals surface area contributed by atoms with Gasteiger partial charge in [0, 0.05) is 4.47 Å². The summed E-state index contributed by atoms with van der Waals surface area (Å²) in [5.41, 5.74) is 3.92. The number of rotatable bonds is 4. The van der Waals surface area contributed by atoms with Crippen LogP contribution in [0.3, 0.4) is 0 Å². The molecule has 0 bridgehead atoms. The average Bonchev–Trinajstić information content (AvgIpc) is 2.42. The summed E-state index contributed by atoms with van der Waals surface area (Å²) in [6.07, 6.45) is 0. The van der Waals surface area contributed by atoms with Crippen LogP contribution in [0.15, 0.2) is 40.9 Å². The highest BCUT2D eigenvalue weighted by Gasteiger charge is 2.17. The van der Waals surface area contributed by atoms with Gasteiger partial charge in [-0.25, -0.2) is 14.2 Å². The van der Waals surface area contributed by atoms with E-state index in [4.69, 9.17) is 10.6 Å². The zero-order valence-electron chi connectivity index (χ0n) is 10.7. The molecular weight excluding hydrogens is 330 g/mol. The van der Waals surface area contributed by atoms with E-state index in [0.29, 0.717) is 15.6 Å². The second kappa shape index (κ2) is 6.30. The molecule has 0 saturated carbocycles. The van der Waals surface area contributed by atoms with Crippen LogP contribution in [0.25, 0.3) is 0 Å². The highest BCUT2D eigenvalue weighted by atomic mass is 79.9. The summed E-state index contributed by atoms with van der Waals surface area (Å²) in [5.74, 6) is 4.85. The van der Waals surface area contributed by atoms with Gasteiger partial charge >= 0.3 is 0 Å². The van der Waals surface area contributed by atoms with Gasteiger partial charge in [0.1, 0.15) is 5.82 Å². The molecule has 2 rings (SSSR count). The third kappa shape index (κ3) is 2.98. The Morgan fingerprint density at radius 3 is 2.50 bits per heavy atom. The molecule has 2 aromatic carbocycles. The second-order valence-corrected chi connectivity index (χ2v) is 5.01. The molecule has 0 aliphatic rings. The number of hydrogen-bond donors (Lipinski definition) is 2. The molecule has 20 heavy (non-hydrogen) atoms. The molecule has 2 aromatic rings. The molecule has 3 N–H and O–H groups in total. The van der Waals surface area contributed by atoms with Gasteiger partial charge in [0.15, 0.2) is 11.6 Å². The molecule has 0 radical (unpaired) electrons. The van der Waals surface area contributed by atoms with Gasteiger partial charge in [-0.3, -0.25) is 5.84 Å². The Labute approximate surface area is 123 Å². The molecule has 106 valence electrons. The summed E-state index contributed by atoms with van der Waals surface area (Å²) in [5, 5.41) is 0. The smallest absolute Gasteiger partial charge is 0.165 e. The lowest BCUT2D eigenvalue weighted by molar-refractivity contribution is 0.385. The Morgan fingerprint density at radius 1 is 1.20 bits per heavy atom. The minimum Gasteiger partial charge on any atom is -0.494 e. The van der Waals surface area contributed by atoms with Crippen LogP contribution in [-0.2, 0) is 0 Å². The zero-order chi connectivity index (χ0) is 14.7. The van der Waals surface area contributed by atoms with Crippen molar-refractivity contribution in [1.29, 1.82) is 0 Å². The standard InChI is InChI=1S/C14H13BrF2N2O/c1-20-13-5-2-8(6-12(13)17)14(19-18)10-4-3-9(16)7-11(10)15/h2-7,14,19H,18H2,1H3. The Hall–Kier alpha value is -1.50. The highest BCUT2D eigenvalue weighted by Crippen LogP contribution is 2.30. The highest BCUT2D eigenvalue weighted by molar-refractivity contribution is 9.10. The predicted molar refractivity (Wildman–Crippen MR) is 76.2 cm³/mol. The first-order valence-electron chi connectivity index (χ1n) is 5.81. The first-order valence-corrected chi connectivity index (χ1v) is 6.60. The number of hydrogen-bond acceptors (Lipinski definition) is 3. The normalized spacial score (nSPS) is 12.2. The number of nitrogens with one attached hydrogen (secondary N) is 1. The Bertz CT molecular complexity index is 622. The summed E-state index contributed by atoms with van der Waals surface area (Å²) < 4.78 is 32.3. The van der Waals surface area contributed by atoms with Gasteiger partial charge in [0.05, 0.1) is 13.2 Å². The quantitative estimate of drug-likeness (QED) is 0.662. The van der Waals surface area contributed by atoms with Crippen molar-refractivity contribution in [2.75, 3.05) is 7.11 Å². The minimum absolute atomic E-state index is 0.155. The van der Waals surface area contributed by atoms with E-state index < -0.39 is 11.9 Å². The molecule has 0 amide bonds. The molecule has 0 heterocycles. The zero-order valence-corrected chi connectivity index (χ0v) is 12.2. The van der Waals surface area contributed by atoms with Crippen LogP contribution in [0.2, 0.25) is 0 Å². The summed E-state index contributed by atoms with van der Waals surface area (Å²) >= 11 is 3.28. The van der Waals surface area contributed by atoms with E-state index in [2.05, 4.69) is 21.4 Å². The molecule has 0 spiro atoms. The van der Waals surface area contributed by atoms with Gasteiger partial charge in [0.2, 0.25) is 0 Å². The lowest BCUT2D eigenvalue weighted by Gasteiger charge is -2.19. The number of methoxy groups -OCH3 is 1. The van der Waals surface area contributed by atoms with E-state index in [0.717, 1.165) is 0 Å². The lowest BCUT2D eigenvalue weighted by Crippen LogP contribution is -2.29. The summed E-state index contributed by atoms with van der Waals surface area (Å²) in [6, 6.07) is 8.33. The lowest BCUT2D eigenvalue weighted by atomic mass is 9.99. The van der Waals surface area contributed by atoms with Crippen molar-refractivity contribution in [3.8, 4) is 5.75 Å². The van der Waals surface area contributed by atoms with Crippen molar-refractivity contribution in [2.45, 2.75) is 6.04 Å². The van der Waals surface area contributed by atoms with Crippen molar-refractivity contribution in [1.82, 2.24) is 5.43 Å². The van der Waals surface area contributed by atoms with Crippen LogP contribution in [0, 0.1) is 11.6 Å². The van der Waals surface area contributed by atoms with E-state index in [1.54, 1.807) is 12.1 Å². The van der Waals surface area contributed by atoms with Crippen molar-refractivity contribution in [3.63, 3.8) is 0 Å². The largest absolute Gasteiger partial charge is 0.494 e. The third-order valence-corrected chi connectivity index (χ3v) is 3.64. The predicted octanol–water partition coefficient (Wildman–Crippen LogP) is 3.29. The molecule has 0 aromatic heterocycles. The third-order valence-electron chi connectivity index (χ3n) is 2.95. The van der Waals surface area contributed by atoms with E-state index in [-0.39, 0.29) is 11.6 Å². The molecule has 0 saturated heterocycles. The van der Waals surface area contributed by atoms with Crippen molar-refractivity contribution < 1.29 is 13.5 Å². The Morgan fingerprint density at radius 2 is 1.95 bits per heavy atom. The first-order chi connectivity index (χ1) is 9.56. The number of halogens is 3. The van der Waals surface area contributed by atoms with Gasteiger partial charge in [-0.05, 0) is 35.4 Å². The van der Waals surface area contributed by atoms with Crippen LogP contribution >= 0.6 is 15.9 Å². The average molecular weight is 343 g/mol. The maximum Gasteiger partial charge on any atom is 0.165 e. The molecule has 0 aliphatic heterocycles. The summed E-state index contributed by atoms with van der Waals surface area (Å²) in [6.45, 7) is 0. The van der Waals surface area contributed by atoms with E-state index in [9.17, 15) is 8.78 Å². The van der Waals surface area contributed by atoms with Crippen LogP contribution in [0.1, 0.15) is 17.2 Å². The number of ether oxygens (including phenoxy) is 1. The van der Waals surface area contributed by atoms with Crippen LogP contribution in [0.4, 0.5) is 8.78 Å². The van der Waals surface area contributed by atoms with E-state index >= 15 is 0 Å². The molecule has 0 aliphatic carbocycles. The fraction of sp³-hybridized carbons (Fsp3) is 0.143. The van der Waals surface area contributed by atoms with Crippen LogP contribution in [-0.4, -0.2) is 7.11 Å². The maximum absolute atomic E-state index is 13.8. The fourth-order valence-corrected chi connectivity index (χ4v) is 2.54. The maximum atomic E-state index is 13.8. The van der Waals surface area contributed by atoms with Gasteiger partial charge < -0.3 is 4.74 Å². The monoisotopic (exact) mass is 342 g/mol. The first kappa shape index (κ1) is 14.9. The molecule has 1 atom stereocenters. The van der Waals surface area contributed by atoms with E-state index in [1.165, 1.54) is 31.4 Å². The fourth-order valence-electron chi connectivity index (χ4n) is 1.96. The van der Waals surface area contributed by atoms with Gasteiger partial charge in [0.25, 0.3) is 0 Å². The molecular formula is C14H13BrF2N2O. The molecule has 0 fully saturated rings. The van der Waals surface area contributed by atoms with Crippen molar-refractivity contribution in [3.05, 3.63) is 63.6 Å². The Balaban J connectivity index is 2.44. The SMILES string of the molecule is COc1ccc(C(NN)c2ccc(F)cc2Br)cc1F. The van der Waals surface area contributed by atoms with Crippen LogP contribution < -0.4 is 16.0 Å². The second-order valence-electron chi connectivity index (χ2n) is 4.16. The molecule has 6 heteroatoms. The minimum atomic E-state index is -0.483. The van der Waals surface area contributed by atoms with E-state index in [1.807, 2.05) is 0 Å². The topological polar surface area (TPSA) is 47.3 Å². The number of nitrogens with two attached hydrogens (primary N) is 1.